The van der Waals surface area contributed by atoms with Crippen LogP contribution in [0.25, 0.3) is 10.2 Å². The maximum atomic E-state index is 13.2. The van der Waals surface area contributed by atoms with Gasteiger partial charge in [-0.3, -0.25) is 14.6 Å². The number of anilines is 1. The Balaban J connectivity index is 1.58. The fraction of sp³-hybridized carbons (Fsp3) is 0.350. The molecule has 4 rings (SSSR count). The summed E-state index contributed by atoms with van der Waals surface area (Å²) in [6.07, 6.45) is 4.26. The van der Waals surface area contributed by atoms with E-state index in [1.165, 1.54) is 18.3 Å². The number of fused-ring (bicyclic) bond motifs is 1. The predicted octanol–water partition coefficient (Wildman–Crippen LogP) is 2.61. The lowest BCUT2D eigenvalue weighted by atomic mass is 10.1. The number of carbonyl (C=O) groups is 2. The molecule has 2 N–H and O–H groups in total. The van der Waals surface area contributed by atoms with Crippen molar-refractivity contribution in [3.63, 3.8) is 0 Å². The van der Waals surface area contributed by atoms with Gasteiger partial charge in [0.2, 0.25) is 11.9 Å². The van der Waals surface area contributed by atoms with E-state index in [1.807, 2.05) is 30.5 Å². The van der Waals surface area contributed by atoms with E-state index < -0.39 is 0 Å². The molecule has 0 spiro atoms. The first kappa shape index (κ1) is 19.3. The molecular weight excluding hydrogens is 388 g/mol. The lowest BCUT2D eigenvalue weighted by Crippen LogP contribution is -2.37. The maximum absolute atomic E-state index is 13.2. The Labute approximate surface area is 172 Å². The van der Waals surface area contributed by atoms with Gasteiger partial charge in [-0.05, 0) is 36.4 Å². The maximum Gasteiger partial charge on any atom is 0.274 e. The first-order valence-corrected chi connectivity index (χ1v) is 10.4. The van der Waals surface area contributed by atoms with Crippen LogP contribution in [0, 0.1) is 0 Å². The van der Waals surface area contributed by atoms with E-state index in [9.17, 15) is 9.59 Å². The van der Waals surface area contributed by atoms with Crippen LogP contribution in [0.2, 0.25) is 0 Å². The van der Waals surface area contributed by atoms with E-state index in [0.717, 1.165) is 22.2 Å². The van der Waals surface area contributed by atoms with Gasteiger partial charge in [-0.1, -0.05) is 6.07 Å². The Hall–Kier alpha value is -3.07. The molecule has 0 radical (unpaired) electrons. The lowest BCUT2D eigenvalue weighted by Gasteiger charge is -2.18. The van der Waals surface area contributed by atoms with Crippen molar-refractivity contribution in [3.8, 4) is 0 Å². The molecule has 1 aliphatic rings. The van der Waals surface area contributed by atoms with Gasteiger partial charge >= 0.3 is 0 Å². The Bertz CT molecular complexity index is 1040. The van der Waals surface area contributed by atoms with Crippen molar-refractivity contribution < 1.29 is 9.59 Å². The third-order valence-corrected chi connectivity index (χ3v) is 5.83. The van der Waals surface area contributed by atoms with Crippen LogP contribution in [0.3, 0.4) is 0 Å². The summed E-state index contributed by atoms with van der Waals surface area (Å²) in [6, 6.07) is 5.68. The van der Waals surface area contributed by atoms with Gasteiger partial charge < -0.3 is 15.5 Å². The van der Waals surface area contributed by atoms with Gasteiger partial charge in [-0.2, -0.15) is 0 Å². The van der Waals surface area contributed by atoms with E-state index in [1.54, 1.807) is 17.3 Å². The highest BCUT2D eigenvalue weighted by Crippen LogP contribution is 2.27. The second-order valence-corrected chi connectivity index (χ2v) is 8.04. The van der Waals surface area contributed by atoms with E-state index in [-0.39, 0.29) is 23.9 Å². The van der Waals surface area contributed by atoms with Gasteiger partial charge in [-0.15, -0.1) is 11.3 Å². The van der Waals surface area contributed by atoms with Crippen molar-refractivity contribution in [1.82, 2.24) is 25.2 Å². The van der Waals surface area contributed by atoms with Crippen molar-refractivity contribution in [2.75, 3.05) is 18.4 Å². The summed E-state index contributed by atoms with van der Waals surface area (Å²) in [4.78, 5) is 39.5. The van der Waals surface area contributed by atoms with Gasteiger partial charge in [0.15, 0.2) is 5.69 Å². The van der Waals surface area contributed by atoms with Crippen molar-refractivity contribution >= 4 is 39.3 Å². The van der Waals surface area contributed by atoms with Crippen LogP contribution in [0.1, 0.15) is 42.4 Å². The third kappa shape index (κ3) is 4.19. The second-order valence-electron chi connectivity index (χ2n) is 7.12. The van der Waals surface area contributed by atoms with Crippen LogP contribution in [-0.4, -0.2) is 50.8 Å². The van der Waals surface area contributed by atoms with Crippen molar-refractivity contribution in [2.45, 2.75) is 32.4 Å². The van der Waals surface area contributed by atoms with Crippen LogP contribution in [0.15, 0.2) is 36.0 Å². The van der Waals surface area contributed by atoms with Crippen LogP contribution in [0.5, 0.6) is 0 Å². The number of amides is 2. The van der Waals surface area contributed by atoms with Crippen LogP contribution >= 0.6 is 11.3 Å². The summed E-state index contributed by atoms with van der Waals surface area (Å²) in [7, 11) is 0. The molecule has 0 aromatic carbocycles. The molecule has 9 heteroatoms. The quantitative estimate of drug-likeness (QED) is 0.671. The Kier molecular flexibility index (Phi) is 5.39. The lowest BCUT2D eigenvalue weighted by molar-refractivity contribution is -0.119. The fourth-order valence-corrected chi connectivity index (χ4v) is 4.29. The molecule has 1 saturated heterocycles. The fourth-order valence-electron chi connectivity index (χ4n) is 3.48. The number of nitrogens with one attached hydrogen (secondary N) is 2. The molecule has 2 amide bonds. The number of hydrogen-bond acceptors (Lipinski definition) is 7. The number of pyridine rings is 1. The van der Waals surface area contributed by atoms with E-state index in [4.69, 9.17) is 0 Å². The third-order valence-electron chi connectivity index (χ3n) is 4.92. The highest BCUT2D eigenvalue weighted by atomic mass is 32.1. The SMILES string of the molecule is CC(=O)N[C@H]1CCN(C(=O)c2nc(N[C@@H](C)c3cccnc3)nc3ccsc23)C1. The highest BCUT2D eigenvalue weighted by Gasteiger charge is 2.30. The second kappa shape index (κ2) is 8.12. The molecule has 0 unspecified atom stereocenters. The van der Waals surface area contributed by atoms with Crippen LogP contribution in [0.4, 0.5) is 5.95 Å². The van der Waals surface area contributed by atoms with Gasteiger partial charge in [0.1, 0.15) is 0 Å². The van der Waals surface area contributed by atoms with E-state index in [2.05, 4.69) is 25.6 Å². The van der Waals surface area contributed by atoms with Gasteiger partial charge in [0.25, 0.3) is 5.91 Å². The number of carbonyl (C=O) groups excluding carboxylic acids is 2. The molecule has 29 heavy (non-hydrogen) atoms. The number of likely N-dealkylation sites (tertiary alicyclic amines) is 1. The Morgan fingerprint density at radius 1 is 1.31 bits per heavy atom. The molecular formula is C20H22N6O2S. The van der Waals surface area contributed by atoms with Gasteiger partial charge in [-0.25, -0.2) is 9.97 Å². The predicted molar refractivity (Wildman–Crippen MR) is 112 cm³/mol. The molecule has 0 aliphatic carbocycles. The summed E-state index contributed by atoms with van der Waals surface area (Å²) in [5.74, 6) is 0.195. The van der Waals surface area contributed by atoms with Crippen molar-refractivity contribution in [1.29, 1.82) is 0 Å². The number of aromatic nitrogens is 3. The topological polar surface area (TPSA) is 100 Å². The largest absolute Gasteiger partial charge is 0.352 e. The standard InChI is InChI=1S/C20H22N6O2S/c1-12(14-4-3-7-21-10-14)22-20-24-16-6-9-29-18(16)17(25-20)19(28)26-8-5-15(11-26)23-13(2)27/h3-4,6-7,9-10,12,15H,5,8,11H2,1-2H3,(H,23,27)(H,22,24,25)/t12-,15-/m0/s1. The summed E-state index contributed by atoms with van der Waals surface area (Å²) < 4.78 is 0.776. The number of rotatable bonds is 5. The summed E-state index contributed by atoms with van der Waals surface area (Å²) in [5, 5.41) is 8.07. The van der Waals surface area contributed by atoms with E-state index >= 15 is 0 Å². The molecule has 3 aromatic heterocycles. The molecule has 8 nitrogen and oxygen atoms in total. The molecule has 2 atom stereocenters. The zero-order valence-corrected chi connectivity index (χ0v) is 17.1. The number of thiophene rings is 1. The average Bonchev–Trinajstić information content (AvgIpc) is 3.36. The van der Waals surface area contributed by atoms with Gasteiger partial charge in [0, 0.05) is 38.4 Å². The summed E-state index contributed by atoms with van der Waals surface area (Å²) in [5.41, 5.74) is 2.15. The van der Waals surface area contributed by atoms with Crippen LogP contribution in [-0.2, 0) is 4.79 Å². The minimum atomic E-state index is -0.134. The minimum absolute atomic E-state index is 0.0136. The molecule has 1 aliphatic heterocycles. The molecule has 1 fully saturated rings. The Morgan fingerprint density at radius 2 is 2.17 bits per heavy atom. The molecule has 4 heterocycles. The normalized spacial score (nSPS) is 17.3. The Morgan fingerprint density at radius 3 is 2.93 bits per heavy atom. The first-order chi connectivity index (χ1) is 14.0. The molecule has 3 aromatic rings. The molecule has 0 bridgehead atoms. The number of hydrogen-bond donors (Lipinski definition) is 2. The van der Waals surface area contributed by atoms with Crippen molar-refractivity contribution in [2.24, 2.45) is 0 Å². The minimum Gasteiger partial charge on any atom is -0.352 e. The first-order valence-electron chi connectivity index (χ1n) is 9.49. The summed E-state index contributed by atoms with van der Waals surface area (Å²) >= 11 is 1.46. The number of nitrogens with zero attached hydrogens (tertiary/aromatic N) is 4. The molecule has 0 saturated carbocycles. The average molecular weight is 411 g/mol. The van der Waals surface area contributed by atoms with E-state index in [0.29, 0.717) is 24.7 Å². The monoisotopic (exact) mass is 410 g/mol. The molecule has 150 valence electrons. The van der Waals surface area contributed by atoms with Crippen molar-refractivity contribution in [3.05, 3.63) is 47.2 Å². The van der Waals surface area contributed by atoms with Gasteiger partial charge in [0.05, 0.1) is 16.3 Å². The zero-order valence-electron chi connectivity index (χ0n) is 16.3. The summed E-state index contributed by atoms with van der Waals surface area (Å²) in [6.45, 7) is 4.57. The highest BCUT2D eigenvalue weighted by molar-refractivity contribution is 7.17. The van der Waals surface area contributed by atoms with Crippen LogP contribution < -0.4 is 10.6 Å². The zero-order chi connectivity index (χ0) is 20.4. The smallest absolute Gasteiger partial charge is 0.274 e.